The molecule has 1 saturated heterocycles. The molecule has 1 amide bonds. The third-order valence-electron chi connectivity index (χ3n) is 2.27. The molecule has 1 aliphatic heterocycles. The molecule has 0 aromatic rings. The van der Waals surface area contributed by atoms with Crippen molar-refractivity contribution in [3.63, 3.8) is 0 Å². The molecule has 0 aromatic carbocycles. The van der Waals surface area contributed by atoms with E-state index in [4.69, 9.17) is 9.57 Å². The molecular weight excluding hydrogens is 146 g/mol. The Labute approximate surface area is 64.8 Å². The largest absolute Gasteiger partial charge is 0.433 e. The van der Waals surface area contributed by atoms with Gasteiger partial charge in [0.1, 0.15) is 0 Å². The summed E-state index contributed by atoms with van der Waals surface area (Å²) < 4.78 is 4.87. The Balaban J connectivity index is 1.90. The number of hydroxylamine groups is 1. The molecule has 0 radical (unpaired) electrons. The number of hydrogen-bond acceptors (Lipinski definition) is 3. The van der Waals surface area contributed by atoms with Crippen molar-refractivity contribution in [1.29, 1.82) is 0 Å². The van der Waals surface area contributed by atoms with E-state index < -0.39 is 6.09 Å². The molecule has 1 atom stereocenters. The van der Waals surface area contributed by atoms with E-state index >= 15 is 0 Å². The fourth-order valence-corrected chi connectivity index (χ4v) is 1.68. The number of hydrogen-bond donors (Lipinski definition) is 1. The van der Waals surface area contributed by atoms with Crippen molar-refractivity contribution in [2.45, 2.75) is 32.0 Å². The lowest BCUT2D eigenvalue weighted by molar-refractivity contribution is -0.0939. The number of carbonyl (C=O) groups excluding carboxylic acids is 1. The van der Waals surface area contributed by atoms with Gasteiger partial charge < -0.3 is 4.74 Å². The van der Waals surface area contributed by atoms with Gasteiger partial charge in [-0.25, -0.2) is 9.63 Å². The highest BCUT2D eigenvalue weighted by atomic mass is 16.9. The monoisotopic (exact) mass is 157 g/mol. The predicted molar refractivity (Wildman–Crippen MR) is 36.4 cm³/mol. The topological polar surface area (TPSA) is 47.6 Å². The molecule has 2 fully saturated rings. The maximum Gasteiger partial charge on any atom is 0.433 e. The Morgan fingerprint density at radius 3 is 2.64 bits per heavy atom. The summed E-state index contributed by atoms with van der Waals surface area (Å²) in [4.78, 5) is 15.5. The summed E-state index contributed by atoms with van der Waals surface area (Å²) in [6, 6.07) is 0. The maximum atomic E-state index is 10.6. The highest BCUT2D eigenvalue weighted by Crippen LogP contribution is 2.30. The lowest BCUT2D eigenvalue weighted by Crippen LogP contribution is -2.19. The summed E-state index contributed by atoms with van der Waals surface area (Å²) >= 11 is 0. The molecule has 0 spiro atoms. The van der Waals surface area contributed by atoms with Crippen LogP contribution in [0.2, 0.25) is 0 Å². The minimum absolute atomic E-state index is 0.329. The zero-order valence-electron chi connectivity index (χ0n) is 6.21. The van der Waals surface area contributed by atoms with Crippen molar-refractivity contribution < 1.29 is 14.4 Å². The van der Waals surface area contributed by atoms with Crippen LogP contribution >= 0.6 is 0 Å². The van der Waals surface area contributed by atoms with Gasteiger partial charge in [-0.3, -0.25) is 0 Å². The Hall–Kier alpha value is -0.770. The summed E-state index contributed by atoms with van der Waals surface area (Å²) in [5, 5.41) is 0. The Kier molecular flexibility index (Phi) is 1.69. The van der Waals surface area contributed by atoms with Crippen molar-refractivity contribution >= 4 is 6.09 Å². The fraction of sp³-hybridized carbons (Fsp3) is 0.857. The average molecular weight is 157 g/mol. The molecule has 1 saturated carbocycles. The minimum Gasteiger partial charge on any atom is -0.416 e. The summed E-state index contributed by atoms with van der Waals surface area (Å²) in [5.41, 5.74) is 2.19. The van der Waals surface area contributed by atoms with Crippen LogP contribution in [-0.2, 0) is 9.57 Å². The molecule has 4 heteroatoms. The SMILES string of the molecule is O=C1NOC(C2CCCC2)O1. The summed E-state index contributed by atoms with van der Waals surface area (Å²) in [5.74, 6) is 0.411. The van der Waals surface area contributed by atoms with E-state index in [0.717, 1.165) is 12.8 Å². The zero-order valence-corrected chi connectivity index (χ0v) is 6.21. The number of amides is 1. The molecule has 1 unspecified atom stereocenters. The highest BCUT2D eigenvalue weighted by molar-refractivity contribution is 5.67. The van der Waals surface area contributed by atoms with Crippen LogP contribution < -0.4 is 5.48 Å². The molecule has 2 rings (SSSR count). The smallest absolute Gasteiger partial charge is 0.416 e. The molecule has 2 aliphatic rings. The maximum absolute atomic E-state index is 10.6. The predicted octanol–water partition coefficient (Wildman–Crippen LogP) is 1.17. The number of rotatable bonds is 1. The van der Waals surface area contributed by atoms with Crippen LogP contribution in [0.5, 0.6) is 0 Å². The molecule has 11 heavy (non-hydrogen) atoms. The zero-order chi connectivity index (χ0) is 7.68. The molecule has 1 heterocycles. The Morgan fingerprint density at radius 2 is 2.09 bits per heavy atom. The van der Waals surface area contributed by atoms with Gasteiger partial charge in [0.05, 0.1) is 0 Å². The van der Waals surface area contributed by atoms with E-state index in [1.54, 1.807) is 0 Å². The number of cyclic esters (lactones) is 1. The standard InChI is InChI=1S/C7H11NO3/c9-7-8-11-6(10-7)5-3-1-2-4-5/h5-6H,1-4H2,(H,8,9). The molecule has 1 N–H and O–H groups in total. The molecule has 0 bridgehead atoms. The van der Waals surface area contributed by atoms with Crippen molar-refractivity contribution in [3.05, 3.63) is 0 Å². The van der Waals surface area contributed by atoms with Gasteiger partial charge in [0.15, 0.2) is 0 Å². The van der Waals surface area contributed by atoms with Gasteiger partial charge in [-0.15, -0.1) is 0 Å². The highest BCUT2D eigenvalue weighted by Gasteiger charge is 2.33. The Morgan fingerprint density at radius 1 is 1.36 bits per heavy atom. The minimum atomic E-state index is -0.457. The van der Waals surface area contributed by atoms with E-state index in [0.29, 0.717) is 5.92 Å². The van der Waals surface area contributed by atoms with Crippen LogP contribution in [0.15, 0.2) is 0 Å². The first-order valence-electron chi connectivity index (χ1n) is 3.98. The van der Waals surface area contributed by atoms with Crippen molar-refractivity contribution in [1.82, 2.24) is 5.48 Å². The molecule has 1 aliphatic carbocycles. The first-order valence-corrected chi connectivity index (χ1v) is 3.98. The quantitative estimate of drug-likeness (QED) is 0.621. The lowest BCUT2D eigenvalue weighted by Gasteiger charge is -2.12. The van der Waals surface area contributed by atoms with Crippen LogP contribution in [0.1, 0.15) is 25.7 Å². The van der Waals surface area contributed by atoms with Crippen LogP contribution in [0, 0.1) is 5.92 Å². The first kappa shape index (κ1) is 6.91. The lowest BCUT2D eigenvalue weighted by atomic mass is 10.1. The third kappa shape index (κ3) is 1.30. The van der Waals surface area contributed by atoms with E-state index in [1.165, 1.54) is 12.8 Å². The normalized spacial score (nSPS) is 32.0. The van der Waals surface area contributed by atoms with E-state index in [-0.39, 0.29) is 6.29 Å². The van der Waals surface area contributed by atoms with Gasteiger partial charge in [-0.1, -0.05) is 12.8 Å². The van der Waals surface area contributed by atoms with Gasteiger partial charge in [-0.2, -0.15) is 5.48 Å². The third-order valence-corrected chi connectivity index (χ3v) is 2.27. The summed E-state index contributed by atoms with van der Waals surface area (Å²) in [7, 11) is 0. The van der Waals surface area contributed by atoms with Gasteiger partial charge >= 0.3 is 6.09 Å². The fourth-order valence-electron chi connectivity index (χ4n) is 1.68. The van der Waals surface area contributed by atoms with Crippen molar-refractivity contribution in [2.24, 2.45) is 5.92 Å². The van der Waals surface area contributed by atoms with E-state index in [9.17, 15) is 4.79 Å². The second kappa shape index (κ2) is 2.70. The van der Waals surface area contributed by atoms with Gasteiger partial charge in [-0.05, 0) is 12.8 Å². The van der Waals surface area contributed by atoms with Crippen LogP contribution in [0.25, 0.3) is 0 Å². The first-order chi connectivity index (χ1) is 5.36. The van der Waals surface area contributed by atoms with Gasteiger partial charge in [0.2, 0.25) is 6.29 Å². The number of ether oxygens (including phenoxy) is 1. The van der Waals surface area contributed by atoms with Crippen LogP contribution in [0.3, 0.4) is 0 Å². The molecule has 62 valence electrons. The Bertz CT molecular complexity index is 165. The van der Waals surface area contributed by atoms with Gasteiger partial charge in [0, 0.05) is 5.92 Å². The summed E-state index contributed by atoms with van der Waals surface area (Å²) in [6.45, 7) is 0. The van der Waals surface area contributed by atoms with E-state index in [2.05, 4.69) is 5.48 Å². The van der Waals surface area contributed by atoms with E-state index in [1.807, 2.05) is 0 Å². The molecule has 4 nitrogen and oxygen atoms in total. The van der Waals surface area contributed by atoms with Gasteiger partial charge in [0.25, 0.3) is 0 Å². The number of nitrogens with one attached hydrogen (secondary N) is 1. The average Bonchev–Trinajstić information content (AvgIpc) is 2.55. The number of carbonyl (C=O) groups is 1. The molecular formula is C7H11NO3. The van der Waals surface area contributed by atoms with Crippen molar-refractivity contribution in [3.8, 4) is 0 Å². The van der Waals surface area contributed by atoms with Crippen molar-refractivity contribution in [2.75, 3.05) is 0 Å². The summed E-state index contributed by atoms with van der Waals surface area (Å²) in [6.07, 6.45) is 3.88. The second-order valence-electron chi connectivity index (χ2n) is 3.04. The van der Waals surface area contributed by atoms with Crippen LogP contribution in [-0.4, -0.2) is 12.4 Å². The van der Waals surface area contributed by atoms with Crippen LogP contribution in [0.4, 0.5) is 4.79 Å². The molecule has 0 aromatic heterocycles. The second-order valence-corrected chi connectivity index (χ2v) is 3.04.